The molecule has 168 valence electrons. The highest BCUT2D eigenvalue weighted by Gasteiger charge is 2.28. The molecular formula is C24H28N4O4. The Morgan fingerprint density at radius 3 is 2.88 bits per heavy atom. The first-order chi connectivity index (χ1) is 15.5. The lowest BCUT2D eigenvalue weighted by atomic mass is 10.0. The van der Waals surface area contributed by atoms with Crippen LogP contribution in [0.1, 0.15) is 24.0 Å². The number of rotatable bonds is 6. The van der Waals surface area contributed by atoms with Crippen LogP contribution in [0, 0.1) is 0 Å². The molecule has 3 aromatic rings. The van der Waals surface area contributed by atoms with Crippen LogP contribution in [-0.2, 0) is 20.1 Å². The Labute approximate surface area is 186 Å². The standard InChI is InChI=1S/C24H28N4O4/c1-26-14-18(23(29)20-7-3-4-8-21(20)26)15-28(13-17-9-10-25-22(12-17)32-2)19-6-5-11-27(16-19)24(30)31/h3-4,7-10,12,14,19H,5-6,11,13,15-16H2,1-2H3,(H,30,31). The van der Waals surface area contributed by atoms with E-state index in [1.54, 1.807) is 13.3 Å². The summed E-state index contributed by atoms with van der Waals surface area (Å²) in [4.78, 5) is 32.7. The third-order valence-corrected chi connectivity index (χ3v) is 6.12. The number of nitrogens with zero attached hydrogens (tertiary/aromatic N) is 4. The van der Waals surface area contributed by atoms with Gasteiger partial charge in [-0.2, -0.15) is 0 Å². The summed E-state index contributed by atoms with van der Waals surface area (Å²) in [6.45, 7) is 1.96. The topological polar surface area (TPSA) is 87.9 Å². The van der Waals surface area contributed by atoms with Crippen LogP contribution in [-0.4, -0.2) is 56.8 Å². The van der Waals surface area contributed by atoms with Crippen LogP contribution in [0.2, 0.25) is 0 Å². The van der Waals surface area contributed by atoms with Crippen molar-refractivity contribution in [2.75, 3.05) is 20.2 Å². The number of aromatic nitrogens is 2. The molecule has 3 heterocycles. The molecule has 1 aliphatic rings. The first-order valence-electron chi connectivity index (χ1n) is 10.7. The predicted molar refractivity (Wildman–Crippen MR) is 122 cm³/mol. The summed E-state index contributed by atoms with van der Waals surface area (Å²) >= 11 is 0. The van der Waals surface area contributed by atoms with Gasteiger partial charge in [0.2, 0.25) is 5.88 Å². The number of hydrogen-bond acceptors (Lipinski definition) is 5. The van der Waals surface area contributed by atoms with Gasteiger partial charge in [0.25, 0.3) is 0 Å². The summed E-state index contributed by atoms with van der Waals surface area (Å²) in [6.07, 6.45) is 4.36. The van der Waals surface area contributed by atoms with E-state index in [2.05, 4.69) is 9.88 Å². The fourth-order valence-corrected chi connectivity index (χ4v) is 4.48. The van der Waals surface area contributed by atoms with Gasteiger partial charge < -0.3 is 19.3 Å². The normalized spacial score (nSPS) is 16.5. The lowest BCUT2D eigenvalue weighted by Gasteiger charge is -2.38. The van der Waals surface area contributed by atoms with Crippen molar-refractivity contribution < 1.29 is 14.6 Å². The van der Waals surface area contributed by atoms with Crippen LogP contribution in [0.5, 0.6) is 5.88 Å². The molecule has 0 bridgehead atoms. The Hall–Kier alpha value is -3.39. The monoisotopic (exact) mass is 436 g/mol. The molecule has 8 heteroatoms. The molecule has 1 aromatic carbocycles. The van der Waals surface area contributed by atoms with Crippen molar-refractivity contribution in [3.05, 3.63) is 70.1 Å². The lowest BCUT2D eigenvalue weighted by molar-refractivity contribution is 0.0781. The third-order valence-electron chi connectivity index (χ3n) is 6.12. The second kappa shape index (κ2) is 9.40. The highest BCUT2D eigenvalue weighted by Crippen LogP contribution is 2.22. The summed E-state index contributed by atoms with van der Waals surface area (Å²) in [7, 11) is 3.52. The lowest BCUT2D eigenvalue weighted by Crippen LogP contribution is -2.49. The number of amides is 1. The van der Waals surface area contributed by atoms with Crippen LogP contribution in [0.4, 0.5) is 4.79 Å². The van der Waals surface area contributed by atoms with Gasteiger partial charge in [-0.25, -0.2) is 9.78 Å². The molecule has 32 heavy (non-hydrogen) atoms. The molecule has 1 amide bonds. The minimum absolute atomic E-state index is 0.00943. The van der Waals surface area contributed by atoms with Crippen molar-refractivity contribution >= 4 is 17.0 Å². The van der Waals surface area contributed by atoms with Crippen molar-refractivity contribution in [3.63, 3.8) is 0 Å². The summed E-state index contributed by atoms with van der Waals surface area (Å²) < 4.78 is 7.24. The van der Waals surface area contributed by atoms with Gasteiger partial charge in [-0.3, -0.25) is 9.69 Å². The van der Waals surface area contributed by atoms with Crippen molar-refractivity contribution in [1.29, 1.82) is 0 Å². The van der Waals surface area contributed by atoms with E-state index in [1.165, 1.54) is 4.90 Å². The molecule has 1 atom stereocenters. The number of piperidine rings is 1. The Morgan fingerprint density at radius 2 is 2.09 bits per heavy atom. The molecule has 1 aliphatic heterocycles. The molecule has 1 fully saturated rings. The second-order valence-corrected chi connectivity index (χ2v) is 8.25. The summed E-state index contributed by atoms with van der Waals surface area (Å²) in [5.74, 6) is 0.528. The van der Waals surface area contributed by atoms with Gasteiger partial charge in [-0.05, 0) is 36.6 Å². The summed E-state index contributed by atoms with van der Waals surface area (Å²) in [5, 5.41) is 10.2. The fourth-order valence-electron chi connectivity index (χ4n) is 4.48. The van der Waals surface area contributed by atoms with Crippen LogP contribution in [0.25, 0.3) is 10.9 Å². The van der Waals surface area contributed by atoms with Crippen molar-refractivity contribution in [2.24, 2.45) is 7.05 Å². The van der Waals surface area contributed by atoms with Gasteiger partial charge in [0, 0.05) is 68.7 Å². The molecule has 2 aromatic heterocycles. The minimum atomic E-state index is -0.901. The molecule has 4 rings (SSSR count). The number of pyridine rings is 2. The number of carboxylic acid groups (broad SMARTS) is 1. The van der Waals surface area contributed by atoms with Crippen molar-refractivity contribution in [1.82, 2.24) is 19.4 Å². The molecule has 0 aliphatic carbocycles. The Morgan fingerprint density at radius 1 is 1.28 bits per heavy atom. The average Bonchev–Trinajstić information content (AvgIpc) is 2.82. The molecule has 0 radical (unpaired) electrons. The van der Waals surface area contributed by atoms with Gasteiger partial charge >= 0.3 is 6.09 Å². The number of methoxy groups -OCH3 is 1. The Balaban J connectivity index is 1.69. The summed E-state index contributed by atoms with van der Waals surface area (Å²) in [6, 6.07) is 11.4. The van der Waals surface area contributed by atoms with Gasteiger partial charge in [-0.15, -0.1) is 0 Å². The van der Waals surface area contributed by atoms with Crippen molar-refractivity contribution in [2.45, 2.75) is 32.0 Å². The zero-order chi connectivity index (χ0) is 22.7. The number of likely N-dealkylation sites (tertiary alicyclic amines) is 1. The molecule has 0 spiro atoms. The number of carbonyl (C=O) groups is 1. The summed E-state index contributed by atoms with van der Waals surface area (Å²) in [5.41, 5.74) is 2.60. The molecule has 1 saturated heterocycles. The van der Waals surface area contributed by atoms with Crippen LogP contribution in [0.15, 0.2) is 53.6 Å². The first-order valence-corrected chi connectivity index (χ1v) is 10.7. The predicted octanol–water partition coefficient (Wildman–Crippen LogP) is 3.09. The number of hydrogen-bond donors (Lipinski definition) is 1. The smallest absolute Gasteiger partial charge is 0.407 e. The van der Waals surface area contributed by atoms with Gasteiger partial charge in [-0.1, -0.05) is 12.1 Å². The van der Waals surface area contributed by atoms with Gasteiger partial charge in [0.15, 0.2) is 5.43 Å². The van der Waals surface area contributed by atoms with E-state index in [-0.39, 0.29) is 11.5 Å². The fraction of sp³-hybridized carbons (Fsp3) is 0.375. The zero-order valence-electron chi connectivity index (χ0n) is 18.4. The Bertz CT molecular complexity index is 1180. The van der Waals surface area contributed by atoms with Crippen LogP contribution in [0.3, 0.4) is 0 Å². The van der Waals surface area contributed by atoms with Gasteiger partial charge in [0.05, 0.1) is 12.6 Å². The molecule has 0 saturated carbocycles. The van der Waals surface area contributed by atoms with E-state index in [1.807, 2.05) is 54.2 Å². The highest BCUT2D eigenvalue weighted by molar-refractivity contribution is 5.79. The third kappa shape index (κ3) is 4.60. The number of fused-ring (bicyclic) bond motifs is 1. The molecule has 1 unspecified atom stereocenters. The maximum Gasteiger partial charge on any atom is 0.407 e. The van der Waals surface area contributed by atoms with Crippen LogP contribution >= 0.6 is 0 Å². The number of para-hydroxylation sites is 1. The average molecular weight is 437 g/mol. The van der Waals surface area contributed by atoms with E-state index >= 15 is 0 Å². The van der Waals surface area contributed by atoms with E-state index in [0.717, 1.165) is 23.9 Å². The van der Waals surface area contributed by atoms with Crippen molar-refractivity contribution in [3.8, 4) is 5.88 Å². The van der Waals surface area contributed by atoms with E-state index in [0.29, 0.717) is 43.0 Å². The second-order valence-electron chi connectivity index (χ2n) is 8.25. The number of aryl methyl sites for hydroxylation is 1. The first kappa shape index (κ1) is 21.8. The van der Waals surface area contributed by atoms with E-state index in [4.69, 9.17) is 4.74 Å². The quantitative estimate of drug-likeness (QED) is 0.639. The zero-order valence-corrected chi connectivity index (χ0v) is 18.4. The van der Waals surface area contributed by atoms with Gasteiger partial charge in [0.1, 0.15) is 0 Å². The number of ether oxygens (including phenoxy) is 1. The van der Waals surface area contributed by atoms with E-state index in [9.17, 15) is 14.7 Å². The van der Waals surface area contributed by atoms with Crippen LogP contribution < -0.4 is 10.2 Å². The molecule has 8 nitrogen and oxygen atoms in total. The largest absolute Gasteiger partial charge is 0.481 e. The SMILES string of the molecule is COc1cc(CN(Cc2cn(C)c3ccccc3c2=O)C2CCCN(C(=O)O)C2)ccn1. The molecule has 1 N–H and O–H groups in total. The Kier molecular flexibility index (Phi) is 6.41. The van der Waals surface area contributed by atoms with E-state index < -0.39 is 6.09 Å². The maximum absolute atomic E-state index is 13.2. The maximum atomic E-state index is 13.2. The molecular weight excluding hydrogens is 408 g/mol. The minimum Gasteiger partial charge on any atom is -0.481 e. The highest BCUT2D eigenvalue weighted by atomic mass is 16.5. The number of benzene rings is 1.